The van der Waals surface area contributed by atoms with E-state index in [1.807, 2.05) is 6.92 Å². The first kappa shape index (κ1) is 9.25. The highest BCUT2D eigenvalue weighted by Gasteiger charge is 2.42. The number of cyclic esters (lactones) is 1. The third-order valence-corrected chi connectivity index (χ3v) is 3.41. The van der Waals surface area contributed by atoms with Crippen molar-refractivity contribution in [3.8, 4) is 0 Å². The van der Waals surface area contributed by atoms with Gasteiger partial charge in [-0.25, -0.2) is 4.79 Å². The Bertz CT molecular complexity index is 171. The molecule has 1 aliphatic rings. The fourth-order valence-electron chi connectivity index (χ4n) is 1.09. The predicted molar refractivity (Wildman–Crippen MR) is 48.8 cm³/mol. The lowest BCUT2D eigenvalue weighted by Gasteiger charge is -2.18. The molecule has 3 nitrogen and oxygen atoms in total. The van der Waals surface area contributed by atoms with Crippen LogP contribution < -0.4 is 0 Å². The van der Waals surface area contributed by atoms with Gasteiger partial charge in [0.25, 0.3) is 0 Å². The highest BCUT2D eigenvalue weighted by molar-refractivity contribution is 14.1. The normalized spacial score (nSPS) is 37.4. The van der Waals surface area contributed by atoms with Gasteiger partial charge in [0.2, 0.25) is 0 Å². The second kappa shape index (κ2) is 3.26. The second-order valence-corrected chi connectivity index (χ2v) is 3.70. The molecule has 0 bridgehead atoms. The lowest BCUT2D eigenvalue weighted by atomic mass is 10.0. The summed E-state index contributed by atoms with van der Waals surface area (Å²) in [4.78, 5) is 11.0. The van der Waals surface area contributed by atoms with Crippen LogP contribution in [0.1, 0.15) is 13.3 Å². The Kier molecular flexibility index (Phi) is 2.74. The summed E-state index contributed by atoms with van der Waals surface area (Å²) in [5, 5.41) is 0. The molecule has 0 amide bonds. The van der Waals surface area contributed by atoms with Crippen molar-refractivity contribution in [3.63, 3.8) is 0 Å². The Morgan fingerprint density at radius 2 is 2.55 bits per heavy atom. The van der Waals surface area contributed by atoms with Crippen LogP contribution in [0.15, 0.2) is 0 Å². The number of hydrogen-bond acceptors (Lipinski definition) is 3. The average Bonchev–Trinajstić information content (AvgIpc) is 2.27. The van der Waals surface area contributed by atoms with E-state index in [0.29, 0.717) is 6.42 Å². The summed E-state index contributed by atoms with van der Waals surface area (Å²) in [7, 11) is 1.53. The Balaban J connectivity index is 2.62. The molecule has 0 aliphatic carbocycles. The van der Waals surface area contributed by atoms with Crippen molar-refractivity contribution < 1.29 is 14.3 Å². The van der Waals surface area contributed by atoms with Gasteiger partial charge in [-0.2, -0.15) is 0 Å². The Morgan fingerprint density at radius 3 is 2.82 bits per heavy atom. The molecule has 1 heterocycles. The van der Waals surface area contributed by atoms with Crippen molar-refractivity contribution in [1.82, 2.24) is 0 Å². The minimum absolute atomic E-state index is 0.230. The van der Waals surface area contributed by atoms with Gasteiger partial charge in [0, 0.05) is 18.0 Å². The quantitative estimate of drug-likeness (QED) is 0.429. The highest BCUT2D eigenvalue weighted by atomic mass is 127. The zero-order chi connectivity index (χ0) is 8.48. The SMILES string of the molecule is COC1CC(C)(CI)OC1=O. The van der Waals surface area contributed by atoms with E-state index in [9.17, 15) is 4.79 Å². The van der Waals surface area contributed by atoms with E-state index >= 15 is 0 Å². The third kappa shape index (κ3) is 1.84. The van der Waals surface area contributed by atoms with E-state index in [0.717, 1.165) is 4.43 Å². The van der Waals surface area contributed by atoms with Gasteiger partial charge < -0.3 is 9.47 Å². The summed E-state index contributed by atoms with van der Waals surface area (Å²) in [5.74, 6) is -0.230. The minimum Gasteiger partial charge on any atom is -0.457 e. The van der Waals surface area contributed by atoms with E-state index in [2.05, 4.69) is 22.6 Å². The smallest absolute Gasteiger partial charge is 0.335 e. The highest BCUT2D eigenvalue weighted by Crippen LogP contribution is 2.29. The molecule has 11 heavy (non-hydrogen) atoms. The second-order valence-electron chi connectivity index (χ2n) is 2.93. The van der Waals surface area contributed by atoms with Crippen molar-refractivity contribution in [2.75, 3.05) is 11.5 Å². The lowest BCUT2D eigenvalue weighted by Crippen LogP contribution is -2.25. The molecule has 1 rings (SSSR count). The maximum absolute atomic E-state index is 11.0. The number of carbonyl (C=O) groups is 1. The Hall–Kier alpha value is 0.160. The fraction of sp³-hybridized carbons (Fsp3) is 0.857. The molecule has 4 heteroatoms. The van der Waals surface area contributed by atoms with Gasteiger partial charge in [0.1, 0.15) is 5.60 Å². The number of alkyl halides is 1. The van der Waals surface area contributed by atoms with Crippen LogP contribution in [0, 0.1) is 0 Å². The van der Waals surface area contributed by atoms with Crippen LogP contribution >= 0.6 is 22.6 Å². The number of methoxy groups -OCH3 is 1. The van der Waals surface area contributed by atoms with E-state index in [4.69, 9.17) is 9.47 Å². The fourth-order valence-corrected chi connectivity index (χ4v) is 1.55. The van der Waals surface area contributed by atoms with Gasteiger partial charge in [-0.3, -0.25) is 0 Å². The first-order valence-electron chi connectivity index (χ1n) is 3.43. The summed E-state index contributed by atoms with van der Waals surface area (Å²) in [6.45, 7) is 1.93. The average molecular weight is 270 g/mol. The van der Waals surface area contributed by atoms with Crippen LogP contribution in [0.5, 0.6) is 0 Å². The van der Waals surface area contributed by atoms with Crippen LogP contribution in [0.4, 0.5) is 0 Å². The summed E-state index contributed by atoms with van der Waals surface area (Å²) in [6, 6.07) is 0. The van der Waals surface area contributed by atoms with E-state index in [1.54, 1.807) is 0 Å². The molecule has 0 spiro atoms. The molecule has 0 N–H and O–H groups in total. The minimum atomic E-state index is -0.352. The summed E-state index contributed by atoms with van der Waals surface area (Å²) < 4.78 is 10.9. The molecular weight excluding hydrogens is 259 g/mol. The standard InChI is InChI=1S/C7H11IO3/c1-7(4-8)3-5(10-2)6(9)11-7/h5H,3-4H2,1-2H3. The molecule has 0 aromatic heterocycles. The number of esters is 1. The van der Waals surface area contributed by atoms with Gasteiger partial charge >= 0.3 is 5.97 Å². The Morgan fingerprint density at radius 1 is 1.91 bits per heavy atom. The molecular formula is C7H11IO3. The molecule has 1 aliphatic heterocycles. The summed E-state index contributed by atoms with van der Waals surface area (Å²) in [5.41, 5.74) is -0.307. The zero-order valence-corrected chi connectivity index (χ0v) is 8.75. The summed E-state index contributed by atoms with van der Waals surface area (Å²) >= 11 is 2.21. The molecule has 2 unspecified atom stereocenters. The number of hydrogen-bond donors (Lipinski definition) is 0. The van der Waals surface area contributed by atoms with Crippen LogP contribution in [0.3, 0.4) is 0 Å². The van der Waals surface area contributed by atoms with Crippen molar-refractivity contribution in [1.29, 1.82) is 0 Å². The molecule has 1 saturated heterocycles. The van der Waals surface area contributed by atoms with Gasteiger partial charge in [0.05, 0.1) is 0 Å². The van der Waals surface area contributed by atoms with E-state index in [1.165, 1.54) is 7.11 Å². The van der Waals surface area contributed by atoms with Crippen LogP contribution in [0.25, 0.3) is 0 Å². The monoisotopic (exact) mass is 270 g/mol. The first-order chi connectivity index (χ1) is 5.11. The van der Waals surface area contributed by atoms with Gasteiger partial charge in [0.15, 0.2) is 6.10 Å². The van der Waals surface area contributed by atoms with Gasteiger partial charge in [-0.05, 0) is 6.92 Å². The largest absolute Gasteiger partial charge is 0.457 e. The third-order valence-electron chi connectivity index (χ3n) is 1.79. The molecule has 64 valence electrons. The summed E-state index contributed by atoms with van der Waals surface area (Å²) in [6.07, 6.45) is 0.320. The zero-order valence-electron chi connectivity index (χ0n) is 6.59. The van der Waals surface area contributed by atoms with Crippen molar-refractivity contribution in [3.05, 3.63) is 0 Å². The number of halogens is 1. The maximum atomic E-state index is 11.0. The van der Waals surface area contributed by atoms with Crippen molar-refractivity contribution in [2.24, 2.45) is 0 Å². The topological polar surface area (TPSA) is 35.5 Å². The first-order valence-corrected chi connectivity index (χ1v) is 4.95. The van der Waals surface area contributed by atoms with Gasteiger partial charge in [-0.15, -0.1) is 0 Å². The van der Waals surface area contributed by atoms with E-state index < -0.39 is 0 Å². The molecule has 2 atom stereocenters. The van der Waals surface area contributed by atoms with Crippen LogP contribution in [0.2, 0.25) is 0 Å². The molecule has 0 aromatic carbocycles. The lowest BCUT2D eigenvalue weighted by molar-refractivity contribution is -0.151. The van der Waals surface area contributed by atoms with Crippen LogP contribution in [-0.4, -0.2) is 29.2 Å². The molecule has 0 aromatic rings. The molecule has 0 saturated carbocycles. The predicted octanol–water partition coefficient (Wildman–Crippen LogP) is 1.14. The molecule has 1 fully saturated rings. The number of ether oxygens (including phenoxy) is 2. The number of rotatable bonds is 2. The molecule has 0 radical (unpaired) electrons. The number of carbonyl (C=O) groups excluding carboxylic acids is 1. The van der Waals surface area contributed by atoms with E-state index in [-0.39, 0.29) is 17.7 Å². The van der Waals surface area contributed by atoms with Crippen LogP contribution in [-0.2, 0) is 14.3 Å². The van der Waals surface area contributed by atoms with Crippen molar-refractivity contribution in [2.45, 2.75) is 25.0 Å². The van der Waals surface area contributed by atoms with Gasteiger partial charge in [-0.1, -0.05) is 22.6 Å². The maximum Gasteiger partial charge on any atom is 0.335 e. The Labute approximate surface area is 79.6 Å². The van der Waals surface area contributed by atoms with Crippen molar-refractivity contribution >= 4 is 28.6 Å².